The van der Waals surface area contributed by atoms with Crippen molar-refractivity contribution < 1.29 is 27.6 Å². The molecule has 20 heavy (non-hydrogen) atoms. The predicted octanol–water partition coefficient (Wildman–Crippen LogP) is 1.45. The van der Waals surface area contributed by atoms with Crippen LogP contribution in [0.15, 0.2) is 33.7 Å². The van der Waals surface area contributed by atoms with Crippen molar-refractivity contribution in [1.82, 2.24) is 5.16 Å². The van der Waals surface area contributed by atoms with Crippen molar-refractivity contribution in [2.75, 3.05) is 13.4 Å². The first-order valence-corrected chi connectivity index (χ1v) is 7.30. The molecule has 0 amide bonds. The van der Waals surface area contributed by atoms with E-state index in [9.17, 15) is 13.2 Å². The third-order valence-electron chi connectivity index (χ3n) is 2.59. The van der Waals surface area contributed by atoms with Gasteiger partial charge < -0.3 is 14.4 Å². The molecule has 0 atom stereocenters. The maximum Gasteiger partial charge on any atom is 0.358 e. The average molecular weight is 297 g/mol. The zero-order chi connectivity index (χ0) is 14.9. The Morgan fingerprint density at radius 1 is 1.35 bits per heavy atom. The molecule has 0 fully saturated rings. The van der Waals surface area contributed by atoms with Crippen LogP contribution in [0.5, 0.6) is 5.75 Å². The number of benzene rings is 1. The monoisotopic (exact) mass is 297 g/mol. The Morgan fingerprint density at radius 3 is 2.55 bits per heavy atom. The molecular formula is C12H11NO6S. The van der Waals surface area contributed by atoms with Gasteiger partial charge in [-0.05, 0) is 18.2 Å². The van der Waals surface area contributed by atoms with Gasteiger partial charge in [0, 0.05) is 12.3 Å². The van der Waals surface area contributed by atoms with Crippen LogP contribution in [0, 0.1) is 0 Å². The van der Waals surface area contributed by atoms with E-state index in [2.05, 4.69) is 5.16 Å². The van der Waals surface area contributed by atoms with Gasteiger partial charge >= 0.3 is 5.97 Å². The fourth-order valence-electron chi connectivity index (χ4n) is 1.61. The fraction of sp³-hybridized carbons (Fsp3) is 0.167. The second-order valence-corrected chi connectivity index (χ2v) is 6.03. The SMILES string of the molecule is COc1ccc(S(C)(=O)=O)cc1-c1cc(C(=O)O)no1. The summed E-state index contributed by atoms with van der Waals surface area (Å²) >= 11 is 0. The number of sulfone groups is 1. The summed E-state index contributed by atoms with van der Waals surface area (Å²) in [5.74, 6) is -0.770. The molecule has 0 aliphatic rings. The van der Waals surface area contributed by atoms with Crippen LogP contribution in [0.2, 0.25) is 0 Å². The van der Waals surface area contributed by atoms with Gasteiger partial charge in [-0.25, -0.2) is 13.2 Å². The van der Waals surface area contributed by atoms with Crippen LogP contribution in [0.25, 0.3) is 11.3 Å². The van der Waals surface area contributed by atoms with E-state index in [0.29, 0.717) is 11.3 Å². The van der Waals surface area contributed by atoms with Gasteiger partial charge in [0.25, 0.3) is 0 Å². The van der Waals surface area contributed by atoms with Gasteiger partial charge in [-0.2, -0.15) is 0 Å². The van der Waals surface area contributed by atoms with Gasteiger partial charge in [0.05, 0.1) is 17.6 Å². The molecule has 1 aromatic heterocycles. The van der Waals surface area contributed by atoms with Crippen molar-refractivity contribution in [2.45, 2.75) is 4.90 Å². The summed E-state index contributed by atoms with van der Waals surface area (Å²) in [6.45, 7) is 0. The highest BCUT2D eigenvalue weighted by Crippen LogP contribution is 2.32. The number of aromatic nitrogens is 1. The summed E-state index contributed by atoms with van der Waals surface area (Å²) in [4.78, 5) is 10.8. The third-order valence-corrected chi connectivity index (χ3v) is 3.70. The van der Waals surface area contributed by atoms with Gasteiger partial charge in [-0.1, -0.05) is 5.16 Å². The van der Waals surface area contributed by atoms with Crippen molar-refractivity contribution in [3.05, 3.63) is 30.0 Å². The van der Waals surface area contributed by atoms with Crippen molar-refractivity contribution in [1.29, 1.82) is 0 Å². The molecule has 0 saturated carbocycles. The minimum Gasteiger partial charge on any atom is -0.496 e. The van der Waals surface area contributed by atoms with Crippen LogP contribution in [0.3, 0.4) is 0 Å². The lowest BCUT2D eigenvalue weighted by Gasteiger charge is -2.07. The van der Waals surface area contributed by atoms with Gasteiger partial charge in [-0.15, -0.1) is 0 Å². The number of carboxylic acid groups (broad SMARTS) is 1. The molecule has 0 bridgehead atoms. The normalized spacial score (nSPS) is 11.3. The molecule has 0 spiro atoms. The zero-order valence-corrected chi connectivity index (χ0v) is 11.5. The standard InChI is InChI=1S/C12H11NO6S/c1-18-10-4-3-7(20(2,16)17)5-8(10)11-6-9(12(14)15)13-19-11/h3-6H,1-2H3,(H,14,15). The number of methoxy groups -OCH3 is 1. The minimum atomic E-state index is -3.40. The molecule has 7 nitrogen and oxygen atoms in total. The highest BCUT2D eigenvalue weighted by Gasteiger charge is 2.18. The number of hydrogen-bond acceptors (Lipinski definition) is 6. The lowest BCUT2D eigenvalue weighted by atomic mass is 10.1. The highest BCUT2D eigenvalue weighted by molar-refractivity contribution is 7.90. The van der Waals surface area contributed by atoms with Crippen LogP contribution >= 0.6 is 0 Å². The summed E-state index contributed by atoms with van der Waals surface area (Å²) in [7, 11) is -1.99. The fourth-order valence-corrected chi connectivity index (χ4v) is 2.26. The minimum absolute atomic E-state index is 0.0709. The lowest BCUT2D eigenvalue weighted by molar-refractivity contribution is 0.0686. The van der Waals surface area contributed by atoms with Crippen molar-refractivity contribution in [3.63, 3.8) is 0 Å². The number of hydrogen-bond donors (Lipinski definition) is 1. The number of carbonyl (C=O) groups is 1. The largest absolute Gasteiger partial charge is 0.496 e. The number of rotatable bonds is 4. The molecule has 106 valence electrons. The number of carboxylic acids is 1. The Hall–Kier alpha value is -2.35. The molecule has 0 aliphatic heterocycles. The molecular weight excluding hydrogens is 286 g/mol. The third kappa shape index (κ3) is 2.64. The Kier molecular flexibility index (Phi) is 3.49. The molecule has 0 aliphatic carbocycles. The summed E-state index contributed by atoms with van der Waals surface area (Å²) in [5, 5.41) is 12.2. The van der Waals surface area contributed by atoms with E-state index in [1.54, 1.807) is 0 Å². The molecule has 2 rings (SSSR count). The highest BCUT2D eigenvalue weighted by atomic mass is 32.2. The summed E-state index contributed by atoms with van der Waals surface area (Å²) in [6.07, 6.45) is 1.07. The van der Waals surface area contributed by atoms with E-state index in [4.69, 9.17) is 14.4 Å². The molecule has 1 aromatic carbocycles. The molecule has 1 N–H and O–H groups in total. The van der Waals surface area contributed by atoms with Crippen LogP contribution < -0.4 is 4.74 Å². The van der Waals surface area contributed by atoms with E-state index in [1.165, 1.54) is 31.4 Å². The zero-order valence-electron chi connectivity index (χ0n) is 10.7. The number of aromatic carboxylic acids is 1. The Bertz CT molecular complexity index is 762. The first-order valence-electron chi connectivity index (χ1n) is 5.41. The predicted molar refractivity (Wildman–Crippen MR) is 68.6 cm³/mol. The van der Waals surface area contributed by atoms with Gasteiger partial charge in [0.15, 0.2) is 21.3 Å². The molecule has 2 aromatic rings. The average Bonchev–Trinajstić information content (AvgIpc) is 2.86. The van der Waals surface area contributed by atoms with Crippen LogP contribution in [-0.2, 0) is 9.84 Å². The summed E-state index contributed by atoms with van der Waals surface area (Å²) in [5.41, 5.74) is 0.0437. The lowest BCUT2D eigenvalue weighted by Crippen LogP contribution is -1.98. The Morgan fingerprint density at radius 2 is 2.05 bits per heavy atom. The van der Waals surface area contributed by atoms with E-state index < -0.39 is 15.8 Å². The topological polar surface area (TPSA) is 107 Å². The maximum absolute atomic E-state index is 11.5. The second-order valence-electron chi connectivity index (χ2n) is 4.02. The van der Waals surface area contributed by atoms with Crippen LogP contribution in [0.1, 0.15) is 10.5 Å². The van der Waals surface area contributed by atoms with E-state index in [0.717, 1.165) is 6.26 Å². The first kappa shape index (κ1) is 14.1. The van der Waals surface area contributed by atoms with Crippen molar-refractivity contribution >= 4 is 15.8 Å². The number of ether oxygens (including phenoxy) is 1. The van der Waals surface area contributed by atoms with Gasteiger partial charge in [-0.3, -0.25) is 0 Å². The summed E-state index contributed by atoms with van der Waals surface area (Å²) in [6, 6.07) is 5.41. The van der Waals surface area contributed by atoms with E-state index in [1.807, 2.05) is 0 Å². The molecule has 0 unspecified atom stereocenters. The quantitative estimate of drug-likeness (QED) is 0.910. The first-order chi connectivity index (χ1) is 9.32. The van der Waals surface area contributed by atoms with Gasteiger partial charge in [0.2, 0.25) is 0 Å². The molecule has 0 saturated heterocycles. The van der Waals surface area contributed by atoms with E-state index >= 15 is 0 Å². The molecule has 8 heteroatoms. The summed E-state index contributed by atoms with van der Waals surface area (Å²) < 4.78 is 33.1. The molecule has 1 heterocycles. The Balaban J connectivity index is 2.61. The smallest absolute Gasteiger partial charge is 0.358 e. The second kappa shape index (κ2) is 4.97. The van der Waals surface area contributed by atoms with Crippen LogP contribution in [-0.4, -0.2) is 38.0 Å². The van der Waals surface area contributed by atoms with Crippen molar-refractivity contribution in [3.8, 4) is 17.1 Å². The number of nitrogens with zero attached hydrogens (tertiary/aromatic N) is 1. The maximum atomic E-state index is 11.5. The van der Waals surface area contributed by atoms with Crippen LogP contribution in [0.4, 0.5) is 0 Å². The van der Waals surface area contributed by atoms with Crippen molar-refractivity contribution in [2.24, 2.45) is 0 Å². The van der Waals surface area contributed by atoms with Gasteiger partial charge in [0.1, 0.15) is 5.75 Å². The molecule has 0 radical (unpaired) electrons. The Labute approximate surface area is 114 Å². The van der Waals surface area contributed by atoms with E-state index in [-0.39, 0.29) is 16.3 Å².